The maximum Gasteiger partial charge on any atom is 0.853 e. The van der Waals surface area contributed by atoms with Crippen LogP contribution in [0.2, 0.25) is 0 Å². The van der Waals surface area contributed by atoms with Crippen LogP contribution in [0.4, 0.5) is 0 Å². The molecule has 4 bridgehead atoms. The zero-order valence-corrected chi connectivity index (χ0v) is 17.9. The predicted molar refractivity (Wildman–Crippen MR) is 109 cm³/mol. The Hall–Kier alpha value is -1.96. The summed E-state index contributed by atoms with van der Waals surface area (Å²) in [5, 5.41) is 2.30. The summed E-state index contributed by atoms with van der Waals surface area (Å²) in [6.45, 7) is 8.37. The van der Waals surface area contributed by atoms with Crippen molar-refractivity contribution in [3.05, 3.63) is 46.5 Å². The summed E-state index contributed by atoms with van der Waals surface area (Å²) in [7, 11) is -5.21. The molecule has 0 N–H and O–H groups in total. The van der Waals surface area contributed by atoms with Gasteiger partial charge in [-0.2, -0.15) is 0 Å². The van der Waals surface area contributed by atoms with Crippen LogP contribution in [0.25, 0.3) is 21.9 Å². The molecule has 142 valence electrons. The molecule has 5 nitrogen and oxygen atoms in total. The molecule has 27 heavy (non-hydrogen) atoms. The van der Waals surface area contributed by atoms with E-state index in [0.29, 0.717) is 11.2 Å². The van der Waals surface area contributed by atoms with Crippen LogP contribution in [0.15, 0.2) is 36.6 Å². The quantitative estimate of drug-likeness (QED) is 0.445. The third-order valence-electron chi connectivity index (χ3n) is 4.92. The van der Waals surface area contributed by atoms with Gasteiger partial charge in [-0.05, 0) is 59.7 Å². The Bertz CT molecular complexity index is 1110. The van der Waals surface area contributed by atoms with Crippen molar-refractivity contribution >= 4 is 37.7 Å². The number of rotatable bonds is 4. The highest BCUT2D eigenvalue weighted by Crippen LogP contribution is 2.36. The van der Waals surface area contributed by atoms with Gasteiger partial charge >= 0.3 is 15.8 Å². The van der Waals surface area contributed by atoms with Crippen molar-refractivity contribution in [1.82, 2.24) is 0 Å². The molecule has 0 saturated heterocycles. The van der Waals surface area contributed by atoms with Crippen LogP contribution in [0.3, 0.4) is 0 Å². The maximum absolute atomic E-state index is 12.4. The van der Waals surface area contributed by atoms with Gasteiger partial charge in [-0.1, -0.05) is 39.8 Å². The molecule has 0 amide bonds. The Labute approximate surface area is 159 Å². The second-order valence-electron chi connectivity index (χ2n) is 6.27. The smallest absolute Gasteiger partial charge is 0.220 e. The van der Waals surface area contributed by atoms with Crippen molar-refractivity contribution < 1.29 is 21.5 Å². The van der Waals surface area contributed by atoms with Gasteiger partial charge in [0.1, 0.15) is 0 Å². The number of hydrogen-bond acceptors (Lipinski definition) is 5. The molecule has 2 atom stereocenters. The van der Waals surface area contributed by atoms with Gasteiger partial charge < -0.3 is 0 Å². The van der Waals surface area contributed by atoms with E-state index in [-0.39, 0.29) is 0 Å². The van der Waals surface area contributed by atoms with E-state index in [1.807, 2.05) is 12.1 Å². The fourth-order valence-electron chi connectivity index (χ4n) is 3.86. The highest BCUT2D eigenvalue weighted by Gasteiger charge is 2.22. The van der Waals surface area contributed by atoms with E-state index in [9.17, 15) is 9.13 Å². The van der Waals surface area contributed by atoms with Gasteiger partial charge in [-0.3, -0.25) is 0 Å². The third-order valence-corrected chi connectivity index (χ3v) is 6.67. The molecule has 0 radical (unpaired) electrons. The lowest BCUT2D eigenvalue weighted by atomic mass is 9.87. The first-order valence-corrected chi connectivity index (χ1v) is 11.5. The molecule has 0 spiro atoms. The zero-order chi connectivity index (χ0) is 19.6. The van der Waals surface area contributed by atoms with E-state index in [4.69, 9.17) is 12.4 Å². The van der Waals surface area contributed by atoms with E-state index in [2.05, 4.69) is 27.7 Å². The Morgan fingerprint density at radius 3 is 1.67 bits per heavy atom. The number of aryl methyl sites for hydroxylation is 4. The number of hydrogen-bond donors (Lipinski definition) is 0. The summed E-state index contributed by atoms with van der Waals surface area (Å²) in [5.74, 6) is 0. The van der Waals surface area contributed by atoms with E-state index in [1.54, 1.807) is 12.1 Å². The third kappa shape index (κ3) is 3.72. The lowest BCUT2D eigenvalue weighted by molar-refractivity contribution is 0.488. The molecular formula is C20H24O5P2+2. The van der Waals surface area contributed by atoms with E-state index >= 15 is 0 Å². The predicted octanol–water partition coefficient (Wildman–Crippen LogP) is 7.63. The van der Waals surface area contributed by atoms with Crippen molar-refractivity contribution in [1.29, 1.82) is 0 Å². The molecule has 2 aromatic carbocycles. The minimum atomic E-state index is -2.62. The normalized spacial score (nSPS) is 12.4. The van der Waals surface area contributed by atoms with Gasteiger partial charge in [0, 0.05) is 20.3 Å². The second kappa shape index (κ2) is 8.37. The molecule has 0 aliphatic carbocycles. The zero-order valence-electron chi connectivity index (χ0n) is 16.1. The van der Waals surface area contributed by atoms with E-state index in [0.717, 1.165) is 42.2 Å². The van der Waals surface area contributed by atoms with Crippen LogP contribution in [0.5, 0.6) is 0 Å². The van der Waals surface area contributed by atoms with Crippen LogP contribution in [-0.2, 0) is 34.8 Å². The Morgan fingerprint density at radius 2 is 1.19 bits per heavy atom. The standard InChI is InChI=1S/C20H24O5P2/c1-5-15-17(7-3)20-18(8-4)16(6-2)19(15)13-9-11-14(12-10-13)23-26(21)25-27(22)24-20/h9-12H,5-8H2,1-4H3/q+2. The topological polar surface area (TPSA) is 73.6 Å². The second-order valence-corrected chi connectivity index (χ2v) is 8.18. The minimum Gasteiger partial charge on any atom is -0.220 e. The van der Waals surface area contributed by atoms with Crippen molar-refractivity contribution in [2.45, 2.75) is 53.4 Å². The van der Waals surface area contributed by atoms with Gasteiger partial charge in [0.15, 0.2) is 11.2 Å². The summed E-state index contributed by atoms with van der Waals surface area (Å²) >= 11 is 0. The van der Waals surface area contributed by atoms with Crippen LogP contribution in [0.1, 0.15) is 49.9 Å². The molecule has 6 rings (SSSR count). The van der Waals surface area contributed by atoms with Gasteiger partial charge in [0.2, 0.25) is 0 Å². The van der Waals surface area contributed by atoms with Crippen molar-refractivity contribution in [3.8, 4) is 0 Å². The molecule has 7 heteroatoms. The summed E-state index contributed by atoms with van der Waals surface area (Å²) in [5.41, 5.74) is 5.48. The lowest BCUT2D eigenvalue weighted by Gasteiger charge is -2.17. The van der Waals surface area contributed by atoms with Crippen LogP contribution in [-0.4, -0.2) is 0 Å². The molecule has 0 saturated carbocycles. The average Bonchev–Trinajstić information content (AvgIpc) is 2.68. The van der Waals surface area contributed by atoms with Crippen molar-refractivity contribution in [2.24, 2.45) is 0 Å². The first kappa shape index (κ1) is 19.8. The molecule has 0 aliphatic heterocycles. The largest absolute Gasteiger partial charge is 0.853 e. The summed E-state index contributed by atoms with van der Waals surface area (Å²) in [6.07, 6.45) is 3.14. The Morgan fingerprint density at radius 1 is 0.704 bits per heavy atom. The summed E-state index contributed by atoms with van der Waals surface area (Å²) < 4.78 is 40.4. The fraction of sp³-hybridized carbons (Fsp3) is 0.400. The molecule has 2 unspecified atom stereocenters. The molecule has 4 heterocycles. The highest BCUT2D eigenvalue weighted by molar-refractivity contribution is 7.32. The van der Waals surface area contributed by atoms with Crippen molar-refractivity contribution in [2.75, 3.05) is 0 Å². The Kier molecular flexibility index (Phi) is 6.14. The Balaban J connectivity index is 2.80. The van der Waals surface area contributed by atoms with E-state index in [1.165, 1.54) is 16.5 Å². The van der Waals surface area contributed by atoms with Gasteiger partial charge in [0.05, 0.1) is 3.98 Å². The monoisotopic (exact) mass is 406 g/mol. The molecule has 6 aromatic rings. The van der Waals surface area contributed by atoms with Gasteiger partial charge in [0.25, 0.3) is 0 Å². The lowest BCUT2D eigenvalue weighted by Crippen LogP contribution is -2.03. The molecule has 4 aromatic heterocycles. The van der Waals surface area contributed by atoms with Gasteiger partial charge in [-0.15, -0.1) is 0 Å². The minimum absolute atomic E-state index is 0.404. The summed E-state index contributed by atoms with van der Waals surface area (Å²) in [4.78, 5) is 0. The van der Waals surface area contributed by atoms with Crippen LogP contribution >= 0.6 is 15.8 Å². The molecule has 0 fully saturated rings. The highest BCUT2D eigenvalue weighted by atomic mass is 31.1. The SMILES string of the molecule is CCc1c(CC)c2c(CC)c(CC)c1o[p+](=O)o[p+](=O)oc1ccc2cc1. The number of benzene rings is 2. The van der Waals surface area contributed by atoms with Gasteiger partial charge in [-0.25, -0.2) is 8.39 Å². The van der Waals surface area contributed by atoms with Crippen LogP contribution < -0.4 is 0 Å². The maximum atomic E-state index is 12.4. The van der Waals surface area contributed by atoms with Crippen molar-refractivity contribution in [3.63, 3.8) is 0 Å². The van der Waals surface area contributed by atoms with Crippen LogP contribution in [0, 0.1) is 0 Å². The molecular weight excluding hydrogens is 382 g/mol. The average molecular weight is 406 g/mol. The first-order valence-electron chi connectivity index (χ1n) is 9.32. The van der Waals surface area contributed by atoms with E-state index < -0.39 is 15.8 Å². The first-order chi connectivity index (χ1) is 13.0. The fourth-order valence-corrected chi connectivity index (χ4v) is 5.22. The summed E-state index contributed by atoms with van der Waals surface area (Å²) in [6, 6.07) is 7.48. The molecule has 0 aliphatic rings.